The normalized spacial score (nSPS) is 19.1. The van der Waals surface area contributed by atoms with Crippen LogP contribution in [-0.2, 0) is 4.79 Å². The van der Waals surface area contributed by atoms with E-state index in [9.17, 15) is 4.79 Å². The van der Waals surface area contributed by atoms with Gasteiger partial charge in [0.25, 0.3) is 0 Å². The Hall–Kier alpha value is -0.240. The fraction of sp³-hybridized carbons (Fsp3) is 0.500. The summed E-state index contributed by atoms with van der Waals surface area (Å²) in [7, 11) is 0. The van der Waals surface area contributed by atoms with E-state index in [1.54, 1.807) is 11.8 Å². The molecule has 1 rings (SSSR count). The van der Waals surface area contributed by atoms with Crippen molar-refractivity contribution in [2.75, 3.05) is 6.26 Å². The molecular weight excluding hydrogens is 120 g/mol. The molecule has 0 aromatic carbocycles. The maximum absolute atomic E-state index is 10.7. The van der Waals surface area contributed by atoms with Gasteiger partial charge >= 0.3 is 0 Å². The third-order valence-corrected chi connectivity index (χ3v) is 2.03. The van der Waals surface area contributed by atoms with Gasteiger partial charge in [-0.15, -0.1) is 11.8 Å². The van der Waals surface area contributed by atoms with Crippen molar-refractivity contribution in [3.8, 4) is 0 Å². The van der Waals surface area contributed by atoms with E-state index in [1.165, 1.54) is 0 Å². The maximum atomic E-state index is 10.7. The van der Waals surface area contributed by atoms with Crippen LogP contribution in [-0.4, -0.2) is 12.0 Å². The van der Waals surface area contributed by atoms with Gasteiger partial charge in [-0.3, -0.25) is 4.79 Å². The zero-order chi connectivity index (χ0) is 5.98. The maximum Gasteiger partial charge on any atom is 0.169 e. The van der Waals surface area contributed by atoms with E-state index in [2.05, 4.69) is 0 Å². The minimum atomic E-state index is 0.317. The van der Waals surface area contributed by atoms with Crippen LogP contribution in [0.5, 0.6) is 0 Å². The van der Waals surface area contributed by atoms with Crippen molar-refractivity contribution in [1.82, 2.24) is 0 Å². The molecule has 0 atom stereocenters. The number of rotatable bonds is 1. The molecule has 0 aliphatic heterocycles. The lowest BCUT2D eigenvalue weighted by Gasteiger charge is -1.88. The van der Waals surface area contributed by atoms with Crippen LogP contribution in [0.25, 0.3) is 0 Å². The number of hydrogen-bond acceptors (Lipinski definition) is 2. The van der Waals surface area contributed by atoms with E-state index in [4.69, 9.17) is 0 Å². The van der Waals surface area contributed by atoms with Gasteiger partial charge in [-0.25, -0.2) is 0 Å². The Morgan fingerprint density at radius 2 is 2.50 bits per heavy atom. The van der Waals surface area contributed by atoms with E-state index in [0.29, 0.717) is 5.78 Å². The molecule has 0 amide bonds. The highest BCUT2D eigenvalue weighted by Gasteiger charge is 2.12. The number of Topliss-reactive ketones (excluding diaryl/α,β-unsaturated/α-hetero) is 1. The largest absolute Gasteiger partial charge is 0.294 e. The molecule has 0 saturated heterocycles. The lowest BCUT2D eigenvalue weighted by molar-refractivity contribution is -0.114. The molecule has 44 valence electrons. The van der Waals surface area contributed by atoms with Gasteiger partial charge in [0.05, 0.1) is 0 Å². The molecule has 0 fully saturated rings. The molecule has 2 heteroatoms. The first-order valence-electron chi connectivity index (χ1n) is 2.62. The van der Waals surface area contributed by atoms with Gasteiger partial charge in [-0.05, 0) is 12.7 Å². The molecule has 1 nitrogen and oxygen atoms in total. The fourth-order valence-electron chi connectivity index (χ4n) is 0.769. The monoisotopic (exact) mass is 128 g/mol. The van der Waals surface area contributed by atoms with E-state index in [1.807, 2.05) is 12.3 Å². The Morgan fingerprint density at radius 1 is 1.75 bits per heavy atom. The van der Waals surface area contributed by atoms with Crippen molar-refractivity contribution in [3.05, 3.63) is 11.0 Å². The van der Waals surface area contributed by atoms with Crippen LogP contribution in [0, 0.1) is 0 Å². The summed E-state index contributed by atoms with van der Waals surface area (Å²) in [5.41, 5.74) is 0. The zero-order valence-corrected chi connectivity index (χ0v) is 5.62. The predicted molar refractivity (Wildman–Crippen MR) is 35.8 cm³/mol. The van der Waals surface area contributed by atoms with E-state index >= 15 is 0 Å². The van der Waals surface area contributed by atoms with Gasteiger partial charge in [0.15, 0.2) is 5.78 Å². The SMILES string of the molecule is CSC1=CCCC1=O. The average Bonchev–Trinajstić information content (AvgIpc) is 2.14. The van der Waals surface area contributed by atoms with Crippen molar-refractivity contribution >= 4 is 17.5 Å². The van der Waals surface area contributed by atoms with Crippen LogP contribution < -0.4 is 0 Å². The second kappa shape index (κ2) is 2.35. The highest BCUT2D eigenvalue weighted by molar-refractivity contribution is 8.03. The van der Waals surface area contributed by atoms with Gasteiger partial charge in [0.2, 0.25) is 0 Å². The van der Waals surface area contributed by atoms with Crippen molar-refractivity contribution in [1.29, 1.82) is 0 Å². The third kappa shape index (κ3) is 0.944. The molecule has 0 heterocycles. The molecule has 0 N–H and O–H groups in total. The molecule has 0 aromatic heterocycles. The summed E-state index contributed by atoms with van der Waals surface area (Å²) < 4.78 is 0. The lowest BCUT2D eigenvalue weighted by atomic mass is 10.3. The highest BCUT2D eigenvalue weighted by Crippen LogP contribution is 2.22. The summed E-state index contributed by atoms with van der Waals surface area (Å²) >= 11 is 1.55. The Morgan fingerprint density at radius 3 is 2.75 bits per heavy atom. The molecule has 8 heavy (non-hydrogen) atoms. The van der Waals surface area contributed by atoms with Crippen LogP contribution in [0.15, 0.2) is 11.0 Å². The number of carbonyl (C=O) groups excluding carboxylic acids is 1. The number of allylic oxidation sites excluding steroid dienone is 2. The van der Waals surface area contributed by atoms with Crippen molar-refractivity contribution in [2.45, 2.75) is 12.8 Å². The quantitative estimate of drug-likeness (QED) is 0.533. The molecular formula is C6H8OS. The summed E-state index contributed by atoms with van der Waals surface area (Å²) in [6.45, 7) is 0. The molecule has 0 saturated carbocycles. The standard InChI is InChI=1S/C6H8OS/c1-8-6-4-2-3-5(6)7/h4H,2-3H2,1H3. The Balaban J connectivity index is 2.62. The van der Waals surface area contributed by atoms with Crippen LogP contribution in [0.2, 0.25) is 0 Å². The van der Waals surface area contributed by atoms with Gasteiger partial charge in [-0.1, -0.05) is 6.08 Å². The third-order valence-electron chi connectivity index (χ3n) is 1.20. The van der Waals surface area contributed by atoms with Gasteiger partial charge in [0, 0.05) is 11.3 Å². The topological polar surface area (TPSA) is 17.1 Å². The predicted octanol–water partition coefficient (Wildman–Crippen LogP) is 1.60. The summed E-state index contributed by atoms with van der Waals surface area (Å²) in [4.78, 5) is 11.7. The fourth-order valence-corrected chi connectivity index (χ4v) is 1.38. The number of thioether (sulfide) groups is 1. The van der Waals surface area contributed by atoms with Crippen LogP contribution in [0.1, 0.15) is 12.8 Å². The highest BCUT2D eigenvalue weighted by atomic mass is 32.2. The number of ketones is 1. The molecule has 1 aliphatic carbocycles. The minimum absolute atomic E-state index is 0.317. The average molecular weight is 128 g/mol. The number of carbonyl (C=O) groups is 1. The molecule has 0 radical (unpaired) electrons. The first kappa shape index (κ1) is 5.89. The van der Waals surface area contributed by atoms with Crippen LogP contribution in [0.3, 0.4) is 0 Å². The zero-order valence-electron chi connectivity index (χ0n) is 4.81. The van der Waals surface area contributed by atoms with Crippen molar-refractivity contribution in [2.24, 2.45) is 0 Å². The minimum Gasteiger partial charge on any atom is -0.294 e. The van der Waals surface area contributed by atoms with Crippen molar-refractivity contribution in [3.63, 3.8) is 0 Å². The molecule has 0 bridgehead atoms. The molecule has 0 unspecified atom stereocenters. The molecule has 0 spiro atoms. The Labute approximate surface area is 53.2 Å². The summed E-state index contributed by atoms with van der Waals surface area (Å²) in [5.74, 6) is 0.317. The summed E-state index contributed by atoms with van der Waals surface area (Å²) in [6.07, 6.45) is 5.63. The molecule has 0 aromatic rings. The first-order valence-corrected chi connectivity index (χ1v) is 3.84. The smallest absolute Gasteiger partial charge is 0.169 e. The van der Waals surface area contributed by atoms with Crippen molar-refractivity contribution < 1.29 is 4.79 Å². The Kier molecular flexibility index (Phi) is 1.73. The summed E-state index contributed by atoms with van der Waals surface area (Å²) in [6, 6.07) is 0. The van der Waals surface area contributed by atoms with E-state index in [-0.39, 0.29) is 0 Å². The van der Waals surface area contributed by atoms with Crippen LogP contribution >= 0.6 is 11.8 Å². The van der Waals surface area contributed by atoms with E-state index in [0.717, 1.165) is 17.7 Å². The van der Waals surface area contributed by atoms with Gasteiger partial charge in [-0.2, -0.15) is 0 Å². The van der Waals surface area contributed by atoms with Gasteiger partial charge in [0.1, 0.15) is 0 Å². The Bertz CT molecular complexity index is 137. The first-order chi connectivity index (χ1) is 3.84. The van der Waals surface area contributed by atoms with E-state index < -0.39 is 0 Å². The lowest BCUT2D eigenvalue weighted by Crippen LogP contribution is -1.89. The van der Waals surface area contributed by atoms with Crippen LogP contribution in [0.4, 0.5) is 0 Å². The summed E-state index contributed by atoms with van der Waals surface area (Å²) in [5, 5.41) is 0. The second-order valence-corrected chi connectivity index (χ2v) is 2.58. The van der Waals surface area contributed by atoms with Gasteiger partial charge < -0.3 is 0 Å². The second-order valence-electron chi connectivity index (χ2n) is 1.73. The number of hydrogen-bond donors (Lipinski definition) is 0. The molecule has 1 aliphatic rings.